The predicted molar refractivity (Wildman–Crippen MR) is 83.3 cm³/mol. The number of aromatic hydroxyl groups is 1. The highest BCUT2D eigenvalue weighted by Gasteiger charge is 2.24. The number of nitrogens with zero attached hydrogens (tertiary/aromatic N) is 1. The molecule has 1 saturated heterocycles. The molecule has 1 fully saturated rings. The van der Waals surface area contributed by atoms with Crippen LogP contribution in [0.1, 0.15) is 31.4 Å². The normalized spacial score (nSPS) is 17.5. The molecule has 1 heterocycles. The maximum atomic E-state index is 10.1. The molecule has 1 aromatic carbocycles. The van der Waals surface area contributed by atoms with Crippen molar-refractivity contribution in [1.29, 1.82) is 0 Å². The molecule has 1 atom stereocenters. The Hall–Kier alpha value is -1.46. The highest BCUT2D eigenvalue weighted by Crippen LogP contribution is 2.40. The number of nitrogens with one attached hydrogen (secondary N) is 1. The largest absolute Gasteiger partial charge is 0.502 e. The molecule has 5 nitrogen and oxygen atoms in total. The summed E-state index contributed by atoms with van der Waals surface area (Å²) in [5.41, 5.74) is 1.14. The summed E-state index contributed by atoms with van der Waals surface area (Å²) >= 11 is 0. The zero-order valence-corrected chi connectivity index (χ0v) is 13.2. The molecule has 0 spiro atoms. The molecule has 1 aliphatic heterocycles. The fourth-order valence-corrected chi connectivity index (χ4v) is 2.93. The van der Waals surface area contributed by atoms with Gasteiger partial charge in [0, 0.05) is 32.2 Å². The average Bonchev–Trinajstić information content (AvgIpc) is 2.54. The van der Waals surface area contributed by atoms with Gasteiger partial charge < -0.3 is 19.9 Å². The quantitative estimate of drug-likeness (QED) is 0.842. The lowest BCUT2D eigenvalue weighted by Crippen LogP contribution is -2.45. The van der Waals surface area contributed by atoms with Gasteiger partial charge in [0.2, 0.25) is 5.75 Å². The zero-order chi connectivity index (χ0) is 15.2. The minimum absolute atomic E-state index is 0.0688. The molecule has 21 heavy (non-hydrogen) atoms. The second-order valence-electron chi connectivity index (χ2n) is 5.36. The fourth-order valence-electron chi connectivity index (χ4n) is 2.93. The van der Waals surface area contributed by atoms with Crippen molar-refractivity contribution in [3.05, 3.63) is 17.7 Å². The first kappa shape index (κ1) is 15.9. The Morgan fingerprint density at radius 3 is 2.24 bits per heavy atom. The predicted octanol–water partition coefficient (Wildman–Crippen LogP) is 2.16. The van der Waals surface area contributed by atoms with Crippen LogP contribution >= 0.6 is 0 Å². The Bertz CT molecular complexity index is 434. The van der Waals surface area contributed by atoms with Gasteiger partial charge in [0.1, 0.15) is 0 Å². The molecule has 0 saturated carbocycles. The summed E-state index contributed by atoms with van der Waals surface area (Å²) in [6.07, 6.45) is 2.19. The molecule has 0 aromatic heterocycles. The minimum atomic E-state index is 0.0688. The van der Waals surface area contributed by atoms with Gasteiger partial charge in [-0.1, -0.05) is 13.3 Å². The molecular formula is C16H26N2O3. The number of ether oxygens (including phenoxy) is 2. The first-order valence-electron chi connectivity index (χ1n) is 7.60. The van der Waals surface area contributed by atoms with Crippen LogP contribution < -0.4 is 14.8 Å². The van der Waals surface area contributed by atoms with E-state index in [1.165, 1.54) is 0 Å². The van der Waals surface area contributed by atoms with Crippen molar-refractivity contribution in [3.8, 4) is 17.2 Å². The Balaban J connectivity index is 2.34. The summed E-state index contributed by atoms with van der Waals surface area (Å²) in [4.78, 5) is 2.49. The molecule has 2 N–H and O–H groups in total. The number of phenols is 1. The van der Waals surface area contributed by atoms with Crippen LogP contribution in [0.5, 0.6) is 17.2 Å². The van der Waals surface area contributed by atoms with E-state index >= 15 is 0 Å². The molecule has 2 rings (SSSR count). The lowest BCUT2D eigenvalue weighted by atomic mass is 9.99. The second kappa shape index (κ2) is 7.52. The van der Waals surface area contributed by atoms with E-state index in [0.29, 0.717) is 17.5 Å². The van der Waals surface area contributed by atoms with Crippen molar-refractivity contribution in [3.63, 3.8) is 0 Å². The maximum Gasteiger partial charge on any atom is 0.200 e. The van der Waals surface area contributed by atoms with Crippen molar-refractivity contribution in [2.75, 3.05) is 40.4 Å². The van der Waals surface area contributed by atoms with Gasteiger partial charge in [0.05, 0.1) is 14.2 Å². The monoisotopic (exact) mass is 294 g/mol. The first-order chi connectivity index (χ1) is 10.2. The van der Waals surface area contributed by atoms with E-state index in [1.807, 2.05) is 12.1 Å². The van der Waals surface area contributed by atoms with E-state index in [4.69, 9.17) is 9.47 Å². The molecule has 1 aromatic rings. The van der Waals surface area contributed by atoms with E-state index in [-0.39, 0.29) is 5.75 Å². The Morgan fingerprint density at radius 1 is 1.19 bits per heavy atom. The topological polar surface area (TPSA) is 54.0 Å². The molecule has 0 amide bonds. The summed E-state index contributed by atoms with van der Waals surface area (Å²) in [5.74, 6) is 1.01. The Morgan fingerprint density at radius 2 is 1.76 bits per heavy atom. The highest BCUT2D eigenvalue weighted by atomic mass is 16.5. The van der Waals surface area contributed by atoms with E-state index in [0.717, 1.165) is 44.6 Å². The molecule has 0 unspecified atom stereocenters. The van der Waals surface area contributed by atoms with Gasteiger partial charge >= 0.3 is 0 Å². The Kier molecular flexibility index (Phi) is 5.70. The van der Waals surface area contributed by atoms with E-state index in [2.05, 4.69) is 17.1 Å². The van der Waals surface area contributed by atoms with Crippen LogP contribution in [0, 0.1) is 0 Å². The van der Waals surface area contributed by atoms with Gasteiger partial charge in [0.15, 0.2) is 11.5 Å². The number of benzene rings is 1. The SMILES string of the molecule is CCC[C@@H](c1cc(OC)c(O)c(OC)c1)N1CCNCC1. The summed E-state index contributed by atoms with van der Waals surface area (Å²) in [7, 11) is 3.13. The fraction of sp³-hybridized carbons (Fsp3) is 0.625. The summed E-state index contributed by atoms with van der Waals surface area (Å²) < 4.78 is 10.6. The number of phenolic OH excluding ortho intramolecular Hbond substituents is 1. The van der Waals surface area contributed by atoms with Crippen molar-refractivity contribution in [1.82, 2.24) is 10.2 Å². The lowest BCUT2D eigenvalue weighted by molar-refractivity contribution is 0.164. The van der Waals surface area contributed by atoms with Crippen molar-refractivity contribution >= 4 is 0 Å². The minimum Gasteiger partial charge on any atom is -0.502 e. The molecule has 118 valence electrons. The third-order valence-corrected chi connectivity index (χ3v) is 4.04. The number of rotatable bonds is 6. The third-order valence-electron chi connectivity index (χ3n) is 4.04. The van der Waals surface area contributed by atoms with Crippen LogP contribution in [-0.2, 0) is 0 Å². The van der Waals surface area contributed by atoms with Crippen LogP contribution in [0.3, 0.4) is 0 Å². The summed E-state index contributed by atoms with van der Waals surface area (Å²) in [5, 5.41) is 13.4. The molecule has 1 aliphatic rings. The van der Waals surface area contributed by atoms with Crippen molar-refractivity contribution < 1.29 is 14.6 Å². The zero-order valence-electron chi connectivity index (χ0n) is 13.2. The molecule has 0 radical (unpaired) electrons. The Labute approximate surface area is 126 Å². The molecular weight excluding hydrogens is 268 g/mol. The molecule has 5 heteroatoms. The van der Waals surface area contributed by atoms with Crippen LogP contribution in [0.2, 0.25) is 0 Å². The number of hydrogen-bond acceptors (Lipinski definition) is 5. The smallest absolute Gasteiger partial charge is 0.200 e. The van der Waals surface area contributed by atoms with Gasteiger partial charge in [-0.2, -0.15) is 0 Å². The van der Waals surface area contributed by atoms with Gasteiger partial charge in [-0.15, -0.1) is 0 Å². The van der Waals surface area contributed by atoms with Crippen molar-refractivity contribution in [2.24, 2.45) is 0 Å². The van der Waals surface area contributed by atoms with E-state index in [1.54, 1.807) is 14.2 Å². The standard InChI is InChI=1S/C16H26N2O3/c1-4-5-13(18-8-6-17-7-9-18)12-10-14(20-2)16(19)15(11-12)21-3/h10-11,13,17,19H,4-9H2,1-3H3/t13-/m0/s1. The number of methoxy groups -OCH3 is 2. The summed E-state index contributed by atoms with van der Waals surface area (Å²) in [6, 6.07) is 4.20. The summed E-state index contributed by atoms with van der Waals surface area (Å²) in [6.45, 7) is 6.32. The van der Waals surface area contributed by atoms with Gasteiger partial charge in [-0.25, -0.2) is 0 Å². The van der Waals surface area contributed by atoms with Crippen LogP contribution in [-0.4, -0.2) is 50.4 Å². The number of hydrogen-bond donors (Lipinski definition) is 2. The van der Waals surface area contributed by atoms with Gasteiger partial charge in [-0.05, 0) is 24.1 Å². The average molecular weight is 294 g/mol. The van der Waals surface area contributed by atoms with E-state index < -0.39 is 0 Å². The first-order valence-corrected chi connectivity index (χ1v) is 7.60. The second-order valence-corrected chi connectivity index (χ2v) is 5.36. The third kappa shape index (κ3) is 3.60. The van der Waals surface area contributed by atoms with Gasteiger partial charge in [-0.3, -0.25) is 4.90 Å². The van der Waals surface area contributed by atoms with Crippen molar-refractivity contribution in [2.45, 2.75) is 25.8 Å². The van der Waals surface area contributed by atoms with Gasteiger partial charge in [0.25, 0.3) is 0 Å². The lowest BCUT2D eigenvalue weighted by Gasteiger charge is -2.35. The highest BCUT2D eigenvalue weighted by molar-refractivity contribution is 5.53. The number of piperazine rings is 1. The van der Waals surface area contributed by atoms with E-state index in [9.17, 15) is 5.11 Å². The molecule has 0 aliphatic carbocycles. The maximum absolute atomic E-state index is 10.1. The van der Waals surface area contributed by atoms with Crippen LogP contribution in [0.15, 0.2) is 12.1 Å². The molecule has 0 bridgehead atoms. The van der Waals surface area contributed by atoms with Crippen LogP contribution in [0.25, 0.3) is 0 Å². The van der Waals surface area contributed by atoms with Crippen LogP contribution in [0.4, 0.5) is 0 Å².